The summed E-state index contributed by atoms with van der Waals surface area (Å²) < 4.78 is 21.8. The monoisotopic (exact) mass is 286 g/mol. The van der Waals surface area contributed by atoms with Crippen molar-refractivity contribution in [1.29, 1.82) is 0 Å². The minimum atomic E-state index is -4.00. The molecule has 1 N–H and O–H groups in total. The predicted molar refractivity (Wildman–Crippen MR) is 63.2 cm³/mol. The van der Waals surface area contributed by atoms with Gasteiger partial charge in [-0.2, -0.15) is 4.79 Å². The van der Waals surface area contributed by atoms with Crippen LogP contribution in [0.5, 0.6) is 0 Å². The van der Waals surface area contributed by atoms with Crippen LogP contribution in [-0.4, -0.2) is 29.2 Å². The molecule has 2 aromatic rings. The van der Waals surface area contributed by atoms with Gasteiger partial charge in [-0.25, -0.2) is 18.8 Å². The fourth-order valence-corrected chi connectivity index (χ4v) is 1.74. The van der Waals surface area contributed by atoms with Crippen molar-refractivity contribution in [2.45, 2.75) is 5.16 Å². The number of amides is 1. The zero-order valence-corrected chi connectivity index (χ0v) is 10.4. The molecule has 0 saturated heterocycles. The number of hydrogen-bond donors (Lipinski definition) is 1. The van der Waals surface area contributed by atoms with E-state index in [1.165, 1.54) is 0 Å². The summed E-state index contributed by atoms with van der Waals surface area (Å²) in [6, 6.07) is 8.37. The number of carbonyl (C=O) groups excluding carboxylic acids is 1. The number of halogens is 1. The first-order valence-electron chi connectivity index (χ1n) is 4.69. The number of benzene rings is 1. The molecule has 0 bridgehead atoms. The van der Waals surface area contributed by atoms with Crippen molar-refractivity contribution < 1.29 is 13.2 Å². The van der Waals surface area contributed by atoms with Crippen molar-refractivity contribution in [1.82, 2.24) is 14.9 Å². The molecular formula is C9H7ClN4O3S. The zero-order valence-electron chi connectivity index (χ0n) is 8.82. The van der Waals surface area contributed by atoms with Gasteiger partial charge in [-0.15, -0.1) is 5.10 Å². The molecule has 1 aromatic carbocycles. The molecule has 0 aliphatic rings. The van der Waals surface area contributed by atoms with Crippen molar-refractivity contribution in [2.75, 3.05) is 5.43 Å². The highest BCUT2D eigenvalue weighted by atomic mass is 35.7. The first-order valence-corrected chi connectivity index (χ1v) is 7.00. The van der Waals surface area contributed by atoms with Gasteiger partial charge in [0.25, 0.3) is 20.1 Å². The third-order valence-corrected chi connectivity index (χ3v) is 2.98. The highest BCUT2D eigenvalue weighted by Gasteiger charge is 2.16. The number of nitrogens with zero attached hydrogens (tertiary/aromatic N) is 3. The van der Waals surface area contributed by atoms with Crippen molar-refractivity contribution in [3.05, 3.63) is 42.2 Å². The molecule has 1 amide bonds. The molecule has 1 aromatic heterocycles. The van der Waals surface area contributed by atoms with Crippen molar-refractivity contribution in [3.63, 3.8) is 0 Å². The molecule has 0 saturated carbocycles. The molecule has 18 heavy (non-hydrogen) atoms. The molecule has 0 atom stereocenters. The second-order valence-corrected chi connectivity index (χ2v) is 5.68. The van der Waals surface area contributed by atoms with E-state index in [9.17, 15) is 13.2 Å². The third-order valence-electron chi connectivity index (χ3n) is 1.94. The quantitative estimate of drug-likeness (QED) is 0.833. The molecule has 2 rings (SSSR count). The van der Waals surface area contributed by atoms with Gasteiger partial charge in [0.2, 0.25) is 0 Å². The van der Waals surface area contributed by atoms with Crippen LogP contribution in [0.2, 0.25) is 0 Å². The Labute approximate surface area is 107 Å². The molecule has 0 aliphatic heterocycles. The van der Waals surface area contributed by atoms with E-state index >= 15 is 0 Å². The number of aromatic nitrogens is 3. The summed E-state index contributed by atoms with van der Waals surface area (Å²) in [6.45, 7) is 0. The summed E-state index contributed by atoms with van der Waals surface area (Å²) in [5.41, 5.74) is 2.74. The average molecular weight is 287 g/mol. The maximum atomic E-state index is 11.7. The van der Waals surface area contributed by atoms with E-state index in [4.69, 9.17) is 10.7 Å². The molecule has 7 nitrogen and oxygen atoms in total. The zero-order chi connectivity index (χ0) is 13.2. The Morgan fingerprint density at radius 2 is 1.94 bits per heavy atom. The highest BCUT2D eigenvalue weighted by Crippen LogP contribution is 2.07. The Morgan fingerprint density at radius 1 is 1.28 bits per heavy atom. The van der Waals surface area contributed by atoms with Crippen molar-refractivity contribution in [2.24, 2.45) is 0 Å². The number of nitrogens with one attached hydrogen (secondary N) is 1. The molecule has 0 spiro atoms. The summed E-state index contributed by atoms with van der Waals surface area (Å²) in [5.74, 6) is -0.445. The normalized spacial score (nSPS) is 11.2. The molecule has 94 valence electrons. The van der Waals surface area contributed by atoms with Crippen LogP contribution >= 0.6 is 10.7 Å². The van der Waals surface area contributed by atoms with Crippen LogP contribution in [0.3, 0.4) is 0 Å². The van der Waals surface area contributed by atoms with Gasteiger partial charge in [0.1, 0.15) is 6.33 Å². The standard InChI is InChI=1S/C9H7ClN4O3S/c10-18(16,17)9-11-6-14(13-9)12-8(15)7-4-2-1-3-5-7/h1-6H,(H,12,15). The van der Waals surface area contributed by atoms with E-state index in [1.54, 1.807) is 30.3 Å². The van der Waals surface area contributed by atoms with Gasteiger partial charge in [0.15, 0.2) is 0 Å². The highest BCUT2D eigenvalue weighted by molar-refractivity contribution is 8.13. The fraction of sp³-hybridized carbons (Fsp3) is 0. The minimum absolute atomic E-state index is 0.406. The Morgan fingerprint density at radius 3 is 2.50 bits per heavy atom. The van der Waals surface area contributed by atoms with Crippen molar-refractivity contribution in [3.8, 4) is 0 Å². The van der Waals surface area contributed by atoms with Crippen LogP contribution in [0.25, 0.3) is 0 Å². The van der Waals surface area contributed by atoms with Gasteiger partial charge < -0.3 is 0 Å². The van der Waals surface area contributed by atoms with E-state index in [0.717, 1.165) is 11.1 Å². The second kappa shape index (κ2) is 4.75. The summed E-state index contributed by atoms with van der Waals surface area (Å²) in [5, 5.41) is 2.93. The van der Waals surface area contributed by atoms with E-state index in [0.29, 0.717) is 5.56 Å². The Kier molecular flexibility index (Phi) is 3.30. The molecule has 0 unspecified atom stereocenters. The van der Waals surface area contributed by atoms with Gasteiger partial charge in [-0.1, -0.05) is 18.2 Å². The predicted octanol–water partition coefficient (Wildman–Crippen LogP) is 0.590. The molecule has 0 fully saturated rings. The molecular weight excluding hydrogens is 280 g/mol. The lowest BCUT2D eigenvalue weighted by atomic mass is 10.2. The largest absolute Gasteiger partial charge is 0.298 e. The van der Waals surface area contributed by atoms with Crippen molar-refractivity contribution >= 4 is 25.6 Å². The van der Waals surface area contributed by atoms with Crippen LogP contribution < -0.4 is 5.43 Å². The van der Waals surface area contributed by atoms with Crippen LogP contribution in [0.1, 0.15) is 10.4 Å². The topological polar surface area (TPSA) is 94.0 Å². The molecule has 9 heteroatoms. The van der Waals surface area contributed by atoms with Gasteiger partial charge in [-0.3, -0.25) is 4.79 Å². The van der Waals surface area contributed by atoms with Crippen LogP contribution in [0.15, 0.2) is 41.8 Å². The Hall–Kier alpha value is -1.93. The van der Waals surface area contributed by atoms with Gasteiger partial charge in [0, 0.05) is 16.2 Å². The fourth-order valence-electron chi connectivity index (χ4n) is 1.17. The number of carbonyl (C=O) groups is 1. The lowest BCUT2D eigenvalue weighted by Crippen LogP contribution is -2.23. The second-order valence-electron chi connectivity index (χ2n) is 3.22. The maximum Gasteiger partial charge on any atom is 0.298 e. The summed E-state index contributed by atoms with van der Waals surface area (Å²) in [4.78, 5) is 16.0. The SMILES string of the molecule is O=C(Nn1cnc(S(=O)(=O)Cl)n1)c1ccccc1. The smallest absolute Gasteiger partial charge is 0.267 e. The van der Waals surface area contributed by atoms with Gasteiger partial charge in [0.05, 0.1) is 0 Å². The van der Waals surface area contributed by atoms with E-state index in [2.05, 4.69) is 15.5 Å². The Balaban J connectivity index is 2.16. The first-order chi connectivity index (χ1) is 8.47. The summed E-state index contributed by atoms with van der Waals surface area (Å²) in [7, 11) is 1.04. The van der Waals surface area contributed by atoms with E-state index in [1.807, 2.05) is 0 Å². The van der Waals surface area contributed by atoms with Gasteiger partial charge >= 0.3 is 0 Å². The summed E-state index contributed by atoms with van der Waals surface area (Å²) >= 11 is 0. The number of hydrogen-bond acceptors (Lipinski definition) is 5. The van der Waals surface area contributed by atoms with Crippen LogP contribution in [0.4, 0.5) is 0 Å². The maximum absolute atomic E-state index is 11.7. The lowest BCUT2D eigenvalue weighted by Gasteiger charge is -2.02. The number of rotatable bonds is 3. The van der Waals surface area contributed by atoms with Gasteiger partial charge in [-0.05, 0) is 12.1 Å². The third kappa shape index (κ3) is 2.84. The Bertz CT molecular complexity index is 668. The van der Waals surface area contributed by atoms with E-state index in [-0.39, 0.29) is 0 Å². The molecule has 0 radical (unpaired) electrons. The molecule has 0 aliphatic carbocycles. The minimum Gasteiger partial charge on any atom is -0.267 e. The first kappa shape index (κ1) is 12.5. The van der Waals surface area contributed by atoms with E-state index < -0.39 is 20.1 Å². The van der Waals surface area contributed by atoms with Crippen LogP contribution in [-0.2, 0) is 9.05 Å². The lowest BCUT2D eigenvalue weighted by molar-refractivity contribution is 0.100. The summed E-state index contributed by atoms with van der Waals surface area (Å²) in [6.07, 6.45) is 1.04. The average Bonchev–Trinajstić information content (AvgIpc) is 2.78. The van der Waals surface area contributed by atoms with Crippen LogP contribution in [0, 0.1) is 0 Å². The molecule has 1 heterocycles.